The number of hydrogen-bond donors (Lipinski definition) is 1. The lowest BCUT2D eigenvalue weighted by Crippen LogP contribution is -2.03. The highest BCUT2D eigenvalue weighted by Crippen LogP contribution is 2.29. The van der Waals surface area contributed by atoms with Crippen LogP contribution in [-0.4, -0.2) is 20.2 Å². The molecule has 0 amide bonds. The standard InChI is InChI=1S/C14H11ClFN5/c1-8-2-5-13(12(16)6-8)21-14(18-19-20-21)10-4-3-9(17)7-11(10)15/h2-7H,17H2,1H3. The number of aromatic nitrogens is 4. The van der Waals surface area contributed by atoms with Crippen molar-refractivity contribution in [2.24, 2.45) is 0 Å². The Labute approximate surface area is 125 Å². The van der Waals surface area contributed by atoms with Crippen LogP contribution in [-0.2, 0) is 0 Å². The van der Waals surface area contributed by atoms with Gasteiger partial charge in [-0.05, 0) is 53.2 Å². The van der Waals surface area contributed by atoms with Gasteiger partial charge in [0.1, 0.15) is 11.5 Å². The van der Waals surface area contributed by atoms with Gasteiger partial charge < -0.3 is 5.73 Å². The molecule has 0 aliphatic carbocycles. The highest BCUT2D eigenvalue weighted by atomic mass is 35.5. The van der Waals surface area contributed by atoms with Crippen molar-refractivity contribution in [1.29, 1.82) is 0 Å². The summed E-state index contributed by atoms with van der Waals surface area (Å²) in [5, 5.41) is 11.8. The summed E-state index contributed by atoms with van der Waals surface area (Å²) in [6.07, 6.45) is 0. The fourth-order valence-corrected chi connectivity index (χ4v) is 2.29. The van der Waals surface area contributed by atoms with Gasteiger partial charge in [0, 0.05) is 11.3 Å². The van der Waals surface area contributed by atoms with Gasteiger partial charge in [0.25, 0.3) is 0 Å². The number of hydrogen-bond acceptors (Lipinski definition) is 4. The zero-order chi connectivity index (χ0) is 15.0. The van der Waals surface area contributed by atoms with E-state index in [4.69, 9.17) is 17.3 Å². The summed E-state index contributed by atoms with van der Waals surface area (Å²) in [7, 11) is 0. The first-order valence-electron chi connectivity index (χ1n) is 6.16. The molecule has 1 heterocycles. The molecule has 7 heteroatoms. The van der Waals surface area contributed by atoms with Gasteiger partial charge >= 0.3 is 0 Å². The van der Waals surface area contributed by atoms with Crippen LogP contribution in [0.25, 0.3) is 17.1 Å². The molecule has 0 radical (unpaired) electrons. The molecule has 0 aliphatic rings. The zero-order valence-corrected chi connectivity index (χ0v) is 11.8. The highest BCUT2D eigenvalue weighted by molar-refractivity contribution is 6.33. The SMILES string of the molecule is Cc1ccc(-n2nnnc2-c2ccc(N)cc2Cl)c(F)c1. The zero-order valence-electron chi connectivity index (χ0n) is 11.1. The van der Waals surface area contributed by atoms with Crippen LogP contribution in [0, 0.1) is 12.7 Å². The summed E-state index contributed by atoms with van der Waals surface area (Å²) in [4.78, 5) is 0. The highest BCUT2D eigenvalue weighted by Gasteiger charge is 2.16. The molecule has 1 aromatic heterocycles. The average Bonchev–Trinajstić information content (AvgIpc) is 2.87. The van der Waals surface area contributed by atoms with Gasteiger partial charge in [-0.25, -0.2) is 4.39 Å². The van der Waals surface area contributed by atoms with Crippen LogP contribution in [0.5, 0.6) is 0 Å². The van der Waals surface area contributed by atoms with Crippen molar-refractivity contribution in [3.63, 3.8) is 0 Å². The van der Waals surface area contributed by atoms with Crippen molar-refractivity contribution in [3.05, 3.63) is 52.8 Å². The van der Waals surface area contributed by atoms with E-state index in [9.17, 15) is 4.39 Å². The Morgan fingerprint density at radius 2 is 2.00 bits per heavy atom. The van der Waals surface area contributed by atoms with Crippen molar-refractivity contribution in [2.45, 2.75) is 6.92 Å². The molecule has 0 unspecified atom stereocenters. The molecular formula is C14H11ClFN5. The number of nitrogens with two attached hydrogens (primary N) is 1. The first kappa shape index (κ1) is 13.5. The first-order chi connectivity index (χ1) is 10.1. The van der Waals surface area contributed by atoms with E-state index in [1.54, 1.807) is 30.3 Å². The largest absolute Gasteiger partial charge is 0.399 e. The van der Waals surface area contributed by atoms with Crippen LogP contribution < -0.4 is 5.73 Å². The average molecular weight is 304 g/mol. The quantitative estimate of drug-likeness (QED) is 0.739. The van der Waals surface area contributed by atoms with Gasteiger partial charge in [-0.3, -0.25) is 0 Å². The molecule has 0 fully saturated rings. The van der Waals surface area contributed by atoms with E-state index in [-0.39, 0.29) is 5.69 Å². The minimum Gasteiger partial charge on any atom is -0.399 e. The maximum atomic E-state index is 14.1. The number of nitrogen functional groups attached to an aromatic ring is 1. The van der Waals surface area contributed by atoms with Crippen molar-refractivity contribution in [1.82, 2.24) is 20.2 Å². The third-order valence-corrected chi connectivity index (χ3v) is 3.35. The van der Waals surface area contributed by atoms with Gasteiger partial charge in [0.05, 0.1) is 5.02 Å². The molecule has 5 nitrogen and oxygen atoms in total. The molecule has 0 saturated heterocycles. The van der Waals surface area contributed by atoms with Crippen molar-refractivity contribution in [2.75, 3.05) is 5.73 Å². The Bertz CT molecular complexity index is 749. The van der Waals surface area contributed by atoms with Gasteiger partial charge in [0.2, 0.25) is 0 Å². The normalized spacial score (nSPS) is 10.8. The van der Waals surface area contributed by atoms with E-state index in [0.717, 1.165) is 5.56 Å². The minimum atomic E-state index is -0.407. The molecule has 0 saturated carbocycles. The molecule has 2 N–H and O–H groups in total. The summed E-state index contributed by atoms with van der Waals surface area (Å²) >= 11 is 6.16. The Kier molecular flexibility index (Phi) is 3.31. The van der Waals surface area contributed by atoms with Crippen LogP contribution in [0.2, 0.25) is 5.02 Å². The lowest BCUT2D eigenvalue weighted by Gasteiger charge is -2.08. The van der Waals surface area contributed by atoms with Gasteiger partial charge in [-0.1, -0.05) is 17.7 Å². The molecule has 0 bridgehead atoms. The van der Waals surface area contributed by atoms with Crippen molar-refractivity contribution >= 4 is 17.3 Å². The molecule has 0 aliphatic heterocycles. The number of aryl methyl sites for hydroxylation is 1. The van der Waals surface area contributed by atoms with Crippen LogP contribution in [0.4, 0.5) is 10.1 Å². The maximum Gasteiger partial charge on any atom is 0.188 e. The number of nitrogens with zero attached hydrogens (tertiary/aromatic N) is 4. The Morgan fingerprint density at radius 1 is 1.19 bits per heavy atom. The number of benzene rings is 2. The van der Waals surface area contributed by atoms with E-state index in [1.165, 1.54) is 10.7 Å². The van der Waals surface area contributed by atoms with Crippen molar-refractivity contribution in [3.8, 4) is 17.1 Å². The third-order valence-electron chi connectivity index (χ3n) is 3.03. The number of rotatable bonds is 2. The lowest BCUT2D eigenvalue weighted by molar-refractivity contribution is 0.606. The molecule has 3 rings (SSSR count). The van der Waals surface area contributed by atoms with Crippen molar-refractivity contribution < 1.29 is 4.39 Å². The Morgan fingerprint density at radius 3 is 2.71 bits per heavy atom. The fourth-order valence-electron chi connectivity index (χ4n) is 2.01. The molecule has 0 spiro atoms. The van der Waals surface area contributed by atoms with Crippen LogP contribution in [0.1, 0.15) is 5.56 Å². The van der Waals surface area contributed by atoms with Gasteiger partial charge in [-0.2, -0.15) is 4.68 Å². The molecular weight excluding hydrogens is 293 g/mol. The smallest absolute Gasteiger partial charge is 0.188 e. The molecule has 0 atom stereocenters. The second kappa shape index (κ2) is 5.14. The van der Waals surface area contributed by atoms with Gasteiger partial charge in [-0.15, -0.1) is 5.10 Å². The Hall–Kier alpha value is -2.47. The predicted molar refractivity (Wildman–Crippen MR) is 78.7 cm³/mol. The first-order valence-corrected chi connectivity index (χ1v) is 6.54. The van der Waals surface area contributed by atoms with E-state index in [1.807, 2.05) is 6.92 Å². The van der Waals surface area contributed by atoms with Crippen LogP contribution >= 0.6 is 11.6 Å². The number of tetrazole rings is 1. The summed E-state index contributed by atoms with van der Waals surface area (Å²) in [6, 6.07) is 9.81. The predicted octanol–water partition coefficient (Wildman–Crippen LogP) is 3.01. The van der Waals surface area contributed by atoms with Crippen LogP contribution in [0.15, 0.2) is 36.4 Å². The third kappa shape index (κ3) is 2.45. The van der Waals surface area contributed by atoms with E-state index < -0.39 is 5.82 Å². The Balaban J connectivity index is 2.17. The summed E-state index contributed by atoms with van der Waals surface area (Å²) in [6.45, 7) is 1.81. The molecule has 21 heavy (non-hydrogen) atoms. The summed E-state index contributed by atoms with van der Waals surface area (Å²) < 4.78 is 15.4. The second-order valence-corrected chi connectivity index (χ2v) is 5.02. The lowest BCUT2D eigenvalue weighted by atomic mass is 10.1. The van der Waals surface area contributed by atoms with Gasteiger partial charge in [0.15, 0.2) is 5.82 Å². The second-order valence-electron chi connectivity index (χ2n) is 4.61. The molecule has 2 aromatic carbocycles. The van der Waals surface area contributed by atoms with E-state index in [0.29, 0.717) is 22.1 Å². The van der Waals surface area contributed by atoms with E-state index >= 15 is 0 Å². The number of anilines is 1. The summed E-state index contributed by atoms with van der Waals surface area (Å²) in [5.74, 6) is -0.0575. The maximum absolute atomic E-state index is 14.1. The number of halogens is 2. The topological polar surface area (TPSA) is 69.6 Å². The summed E-state index contributed by atoms with van der Waals surface area (Å²) in [5.41, 5.74) is 7.85. The molecule has 3 aromatic rings. The van der Waals surface area contributed by atoms with E-state index in [2.05, 4.69) is 15.5 Å². The van der Waals surface area contributed by atoms with Crippen LogP contribution in [0.3, 0.4) is 0 Å². The fraction of sp³-hybridized carbons (Fsp3) is 0.0714. The monoisotopic (exact) mass is 303 g/mol. The molecule has 106 valence electrons. The minimum absolute atomic E-state index is 0.258.